The van der Waals surface area contributed by atoms with E-state index in [1.165, 1.54) is 0 Å². The first-order valence-corrected chi connectivity index (χ1v) is 10.2. The highest BCUT2D eigenvalue weighted by Crippen LogP contribution is 2.46. The lowest BCUT2D eigenvalue weighted by atomic mass is 9.62. The smallest absolute Gasteiger partial charge is 0.319 e. The fourth-order valence-corrected chi connectivity index (χ4v) is 4.96. The maximum absolute atomic E-state index is 13.2. The predicted molar refractivity (Wildman–Crippen MR) is 113 cm³/mol. The van der Waals surface area contributed by atoms with E-state index >= 15 is 0 Å². The molecule has 29 heavy (non-hydrogen) atoms. The molecule has 5 heteroatoms. The fourth-order valence-electron chi connectivity index (χ4n) is 4.96. The lowest BCUT2D eigenvalue weighted by Gasteiger charge is -2.45. The number of piperidine rings is 1. The van der Waals surface area contributed by atoms with Gasteiger partial charge >= 0.3 is 6.03 Å². The van der Waals surface area contributed by atoms with Crippen molar-refractivity contribution in [2.24, 2.45) is 5.41 Å². The first-order chi connectivity index (χ1) is 13.7. The Morgan fingerprint density at radius 1 is 1.07 bits per heavy atom. The zero-order valence-corrected chi connectivity index (χ0v) is 18.1. The lowest BCUT2D eigenvalue weighted by Crippen LogP contribution is -2.50. The molecule has 3 rings (SSSR count). The van der Waals surface area contributed by atoms with Crippen LogP contribution in [-0.4, -0.2) is 54.6 Å². The summed E-state index contributed by atoms with van der Waals surface area (Å²) >= 11 is 0. The second-order valence-corrected chi connectivity index (χ2v) is 8.78. The molecule has 2 amide bonds. The Labute approximate surface area is 173 Å². The number of likely N-dealkylation sites (tertiary alicyclic amines) is 1. The third-order valence-electron chi connectivity index (χ3n) is 6.37. The Bertz CT molecular complexity index is 869. The summed E-state index contributed by atoms with van der Waals surface area (Å²) in [4.78, 5) is 41.9. The third-order valence-corrected chi connectivity index (χ3v) is 6.37. The van der Waals surface area contributed by atoms with Crippen LogP contribution < -0.4 is 0 Å². The van der Waals surface area contributed by atoms with Gasteiger partial charge in [-0.05, 0) is 67.9 Å². The van der Waals surface area contributed by atoms with Crippen LogP contribution in [0.5, 0.6) is 0 Å². The Kier molecular flexibility index (Phi) is 5.84. The molecule has 0 atom stereocenters. The summed E-state index contributed by atoms with van der Waals surface area (Å²) in [7, 11) is 3.49. The minimum absolute atomic E-state index is 0.00675. The van der Waals surface area contributed by atoms with Gasteiger partial charge in [0, 0.05) is 45.6 Å². The van der Waals surface area contributed by atoms with Crippen LogP contribution in [-0.2, 0) is 9.59 Å². The highest BCUT2D eigenvalue weighted by atomic mass is 16.2. The van der Waals surface area contributed by atoms with E-state index in [1.54, 1.807) is 25.9 Å². The summed E-state index contributed by atoms with van der Waals surface area (Å²) < 4.78 is 0. The molecule has 1 heterocycles. The number of rotatable bonds is 1. The molecule has 1 aliphatic heterocycles. The number of hydrogen-bond acceptors (Lipinski definition) is 3. The van der Waals surface area contributed by atoms with E-state index in [0.717, 1.165) is 22.3 Å². The monoisotopic (exact) mass is 394 g/mol. The SMILES string of the molecule is CC#Cc1cc(C)c(C2C(=O)CC3(CCN(C(=O)N(C)C)CC3)CC2=O)c(C)c1. The summed E-state index contributed by atoms with van der Waals surface area (Å²) in [6.07, 6.45) is 2.26. The van der Waals surface area contributed by atoms with Crippen LogP contribution in [0.4, 0.5) is 4.79 Å². The number of urea groups is 1. The Morgan fingerprint density at radius 2 is 1.59 bits per heavy atom. The van der Waals surface area contributed by atoms with E-state index in [1.807, 2.05) is 30.9 Å². The van der Waals surface area contributed by atoms with Gasteiger partial charge in [-0.2, -0.15) is 0 Å². The van der Waals surface area contributed by atoms with Crippen LogP contribution in [0.15, 0.2) is 12.1 Å². The maximum Gasteiger partial charge on any atom is 0.319 e. The Morgan fingerprint density at radius 3 is 2.03 bits per heavy atom. The highest BCUT2D eigenvalue weighted by molar-refractivity contribution is 6.10. The predicted octanol–water partition coefficient (Wildman–Crippen LogP) is 3.45. The van der Waals surface area contributed by atoms with Crippen LogP contribution in [0.1, 0.15) is 60.8 Å². The number of carbonyl (C=O) groups is 3. The van der Waals surface area contributed by atoms with Crippen molar-refractivity contribution in [2.75, 3.05) is 27.2 Å². The van der Waals surface area contributed by atoms with Crippen molar-refractivity contribution in [1.82, 2.24) is 9.80 Å². The average Bonchev–Trinajstić information content (AvgIpc) is 2.63. The van der Waals surface area contributed by atoms with Gasteiger partial charge in [0.25, 0.3) is 0 Å². The first-order valence-electron chi connectivity index (χ1n) is 10.2. The van der Waals surface area contributed by atoms with Gasteiger partial charge in [0.1, 0.15) is 17.5 Å². The van der Waals surface area contributed by atoms with Crippen LogP contribution in [0.2, 0.25) is 0 Å². The summed E-state index contributed by atoms with van der Waals surface area (Å²) in [6, 6.07) is 3.93. The third kappa shape index (κ3) is 4.07. The number of amides is 2. The number of ketones is 2. The van der Waals surface area contributed by atoms with Gasteiger partial charge in [-0.3, -0.25) is 9.59 Å². The lowest BCUT2D eigenvalue weighted by molar-refractivity contribution is -0.138. The molecular weight excluding hydrogens is 364 g/mol. The molecule has 0 radical (unpaired) electrons. The van der Waals surface area contributed by atoms with Crippen molar-refractivity contribution in [3.63, 3.8) is 0 Å². The molecule has 1 aromatic carbocycles. The number of benzene rings is 1. The van der Waals surface area contributed by atoms with Gasteiger partial charge in [0.05, 0.1) is 0 Å². The van der Waals surface area contributed by atoms with Crippen LogP contribution >= 0.6 is 0 Å². The highest BCUT2D eigenvalue weighted by Gasteiger charge is 2.47. The van der Waals surface area contributed by atoms with Crippen LogP contribution in [0, 0.1) is 31.1 Å². The molecule has 1 aliphatic carbocycles. The zero-order chi connectivity index (χ0) is 21.3. The molecule has 154 valence electrons. The van der Waals surface area contributed by atoms with Crippen molar-refractivity contribution in [3.8, 4) is 11.8 Å². The minimum Gasteiger partial charge on any atom is -0.331 e. The number of aryl methyl sites for hydroxylation is 2. The molecule has 0 bridgehead atoms. The zero-order valence-electron chi connectivity index (χ0n) is 18.1. The van der Waals surface area contributed by atoms with Crippen LogP contribution in [0.25, 0.3) is 0 Å². The second-order valence-electron chi connectivity index (χ2n) is 8.78. The fraction of sp³-hybridized carbons (Fsp3) is 0.542. The first kappa shape index (κ1) is 21.1. The largest absolute Gasteiger partial charge is 0.331 e. The van der Waals surface area contributed by atoms with E-state index in [0.29, 0.717) is 38.8 Å². The van der Waals surface area contributed by atoms with Gasteiger partial charge in [0.2, 0.25) is 0 Å². The quantitative estimate of drug-likeness (QED) is 0.541. The van der Waals surface area contributed by atoms with Gasteiger partial charge in [0.15, 0.2) is 0 Å². The summed E-state index contributed by atoms with van der Waals surface area (Å²) in [5.41, 5.74) is 3.39. The van der Waals surface area contributed by atoms with E-state index in [9.17, 15) is 14.4 Å². The topological polar surface area (TPSA) is 57.7 Å². The van der Waals surface area contributed by atoms with Gasteiger partial charge in [-0.15, -0.1) is 5.92 Å². The van der Waals surface area contributed by atoms with E-state index < -0.39 is 5.92 Å². The molecule has 0 aromatic heterocycles. The van der Waals surface area contributed by atoms with Crippen molar-refractivity contribution < 1.29 is 14.4 Å². The number of Topliss-reactive ketones (excluding diaryl/α,β-unsaturated/α-hetero) is 2. The Balaban J connectivity index is 1.80. The van der Waals surface area contributed by atoms with E-state index in [-0.39, 0.29) is 23.0 Å². The standard InChI is InChI=1S/C24H30N2O3/c1-6-7-18-12-16(2)21(17(3)13-18)22-19(27)14-24(15-20(22)28)8-10-26(11-9-24)23(29)25(4)5/h12-13,22H,8-11,14-15H2,1-5H3. The molecule has 1 aromatic rings. The number of hydrogen-bond donors (Lipinski definition) is 0. The normalized spacial score (nSPS) is 19.1. The van der Waals surface area contributed by atoms with Gasteiger partial charge in [-0.1, -0.05) is 5.92 Å². The maximum atomic E-state index is 13.2. The minimum atomic E-state index is -0.661. The van der Waals surface area contributed by atoms with Crippen molar-refractivity contribution in [2.45, 2.75) is 52.4 Å². The molecular formula is C24H30N2O3. The molecule has 2 fully saturated rings. The number of nitrogens with zero attached hydrogens (tertiary/aromatic N) is 2. The molecule has 1 saturated heterocycles. The molecule has 2 aliphatic rings. The number of carbonyl (C=O) groups excluding carboxylic acids is 3. The van der Waals surface area contributed by atoms with Gasteiger partial charge < -0.3 is 9.80 Å². The van der Waals surface area contributed by atoms with E-state index in [4.69, 9.17) is 0 Å². The second kappa shape index (κ2) is 8.02. The summed E-state index contributed by atoms with van der Waals surface area (Å²) in [5.74, 6) is 5.33. The molecule has 5 nitrogen and oxygen atoms in total. The Hall–Kier alpha value is -2.61. The van der Waals surface area contributed by atoms with Crippen molar-refractivity contribution in [1.29, 1.82) is 0 Å². The van der Waals surface area contributed by atoms with E-state index in [2.05, 4.69) is 11.8 Å². The molecule has 1 saturated carbocycles. The molecule has 1 spiro atoms. The molecule has 0 N–H and O–H groups in total. The molecule has 0 unspecified atom stereocenters. The average molecular weight is 395 g/mol. The van der Waals surface area contributed by atoms with Gasteiger partial charge in [-0.25, -0.2) is 4.79 Å². The van der Waals surface area contributed by atoms with Crippen molar-refractivity contribution in [3.05, 3.63) is 34.4 Å². The van der Waals surface area contributed by atoms with Crippen LogP contribution in [0.3, 0.4) is 0 Å². The summed E-state index contributed by atoms with van der Waals surface area (Å²) in [5, 5.41) is 0. The van der Waals surface area contributed by atoms with Crippen molar-refractivity contribution >= 4 is 17.6 Å². The summed E-state index contributed by atoms with van der Waals surface area (Å²) in [6.45, 7) is 6.91.